The molecule has 1 aromatic heterocycles. The van der Waals surface area contributed by atoms with E-state index < -0.39 is 0 Å². The molecule has 0 radical (unpaired) electrons. The monoisotopic (exact) mass is 169 g/mol. The van der Waals surface area contributed by atoms with Crippen LogP contribution in [0.5, 0.6) is 0 Å². The number of pyridine rings is 1. The third-order valence-electron chi connectivity index (χ3n) is 1.22. The van der Waals surface area contributed by atoms with Crippen molar-refractivity contribution in [1.29, 1.82) is 0 Å². The van der Waals surface area contributed by atoms with Crippen molar-refractivity contribution in [1.82, 2.24) is 4.98 Å². The molecular weight excluding hydrogens is 166 g/mol. The van der Waals surface area contributed by atoms with Crippen LogP contribution in [0.15, 0.2) is 12.3 Å². The second-order valence-electron chi connectivity index (χ2n) is 1.84. The van der Waals surface area contributed by atoms with E-state index in [2.05, 4.69) is 4.98 Å². The van der Waals surface area contributed by atoms with Crippen LogP contribution < -0.4 is 0 Å². The summed E-state index contributed by atoms with van der Waals surface area (Å²) in [5.41, 5.74) is 0.407. The Bertz CT molecular complexity index is 298. The first-order chi connectivity index (χ1) is 5.29. The molecule has 0 spiro atoms. The number of aromatic nitrogens is 1. The molecule has 0 saturated heterocycles. The number of halogens is 1. The number of rotatable bonds is 2. The summed E-state index contributed by atoms with van der Waals surface area (Å²) in [6.07, 6.45) is 2.45. The minimum atomic E-state index is 0.0598. The molecule has 0 aromatic carbocycles. The van der Waals surface area contributed by atoms with Crippen molar-refractivity contribution in [2.75, 3.05) is 0 Å². The van der Waals surface area contributed by atoms with E-state index in [1.54, 1.807) is 0 Å². The molecule has 0 saturated carbocycles. The van der Waals surface area contributed by atoms with Gasteiger partial charge < -0.3 is 0 Å². The molecule has 4 heteroatoms. The third kappa shape index (κ3) is 1.43. The van der Waals surface area contributed by atoms with Gasteiger partial charge >= 0.3 is 0 Å². The van der Waals surface area contributed by atoms with Gasteiger partial charge in [-0.3, -0.25) is 9.59 Å². The van der Waals surface area contributed by atoms with Gasteiger partial charge in [-0.25, -0.2) is 4.98 Å². The molecule has 1 aromatic rings. The summed E-state index contributed by atoms with van der Waals surface area (Å²) in [4.78, 5) is 24.3. The molecule has 1 rings (SSSR count). The van der Waals surface area contributed by atoms with Crippen molar-refractivity contribution in [3.8, 4) is 0 Å². The highest BCUT2D eigenvalue weighted by Gasteiger charge is 2.04. The van der Waals surface area contributed by atoms with Crippen molar-refractivity contribution in [3.05, 3.63) is 28.5 Å². The van der Waals surface area contributed by atoms with E-state index >= 15 is 0 Å². The molecule has 56 valence electrons. The van der Waals surface area contributed by atoms with Crippen LogP contribution in [0.2, 0.25) is 5.15 Å². The predicted molar refractivity (Wildman–Crippen MR) is 40.0 cm³/mol. The van der Waals surface area contributed by atoms with Crippen LogP contribution in [0, 0.1) is 0 Å². The molecule has 11 heavy (non-hydrogen) atoms. The minimum absolute atomic E-state index is 0.0598. The molecule has 0 bridgehead atoms. The van der Waals surface area contributed by atoms with Gasteiger partial charge in [-0.05, 0) is 6.07 Å². The normalized spacial score (nSPS) is 9.18. The number of hydrogen-bond acceptors (Lipinski definition) is 3. The topological polar surface area (TPSA) is 47.0 Å². The van der Waals surface area contributed by atoms with Crippen molar-refractivity contribution < 1.29 is 9.59 Å². The number of carbonyl (C=O) groups is 2. The SMILES string of the molecule is O=Cc1ccnc(Cl)c1C=O. The minimum Gasteiger partial charge on any atom is -0.298 e. The maximum Gasteiger partial charge on any atom is 0.153 e. The Morgan fingerprint density at radius 1 is 1.36 bits per heavy atom. The van der Waals surface area contributed by atoms with Crippen LogP contribution >= 0.6 is 11.6 Å². The molecule has 0 aliphatic rings. The van der Waals surface area contributed by atoms with Gasteiger partial charge in [0.2, 0.25) is 0 Å². The highest BCUT2D eigenvalue weighted by molar-refractivity contribution is 6.32. The van der Waals surface area contributed by atoms with Gasteiger partial charge in [-0.15, -0.1) is 0 Å². The lowest BCUT2D eigenvalue weighted by molar-refractivity contribution is 0.109. The summed E-state index contributed by atoms with van der Waals surface area (Å²) < 4.78 is 0. The summed E-state index contributed by atoms with van der Waals surface area (Å²) in [6.45, 7) is 0. The van der Waals surface area contributed by atoms with Crippen LogP contribution in [0.4, 0.5) is 0 Å². The Labute approximate surface area is 68.0 Å². The predicted octanol–water partition coefficient (Wildman–Crippen LogP) is 1.36. The van der Waals surface area contributed by atoms with Crippen LogP contribution in [-0.2, 0) is 0 Å². The van der Waals surface area contributed by atoms with E-state index in [0.717, 1.165) is 0 Å². The van der Waals surface area contributed by atoms with Gasteiger partial charge in [0.1, 0.15) is 5.15 Å². The van der Waals surface area contributed by atoms with Crippen molar-refractivity contribution in [2.45, 2.75) is 0 Å². The number of carbonyl (C=O) groups excluding carboxylic acids is 2. The van der Waals surface area contributed by atoms with Crippen LogP contribution in [0.3, 0.4) is 0 Å². The highest BCUT2D eigenvalue weighted by Crippen LogP contribution is 2.12. The zero-order valence-electron chi connectivity index (χ0n) is 5.45. The molecule has 0 amide bonds. The first-order valence-corrected chi connectivity index (χ1v) is 3.22. The van der Waals surface area contributed by atoms with E-state index in [1.165, 1.54) is 12.3 Å². The maximum atomic E-state index is 10.3. The second-order valence-corrected chi connectivity index (χ2v) is 2.20. The fourth-order valence-corrected chi connectivity index (χ4v) is 0.891. The van der Waals surface area contributed by atoms with Gasteiger partial charge in [0, 0.05) is 11.8 Å². The second kappa shape index (κ2) is 3.25. The van der Waals surface area contributed by atoms with E-state index in [-0.39, 0.29) is 16.3 Å². The zero-order valence-corrected chi connectivity index (χ0v) is 6.21. The van der Waals surface area contributed by atoms with Crippen LogP contribution in [-0.4, -0.2) is 17.6 Å². The van der Waals surface area contributed by atoms with E-state index in [0.29, 0.717) is 12.6 Å². The molecular formula is C7H4ClNO2. The van der Waals surface area contributed by atoms with Crippen LogP contribution in [0.1, 0.15) is 20.7 Å². The Morgan fingerprint density at radius 2 is 2.09 bits per heavy atom. The molecule has 3 nitrogen and oxygen atoms in total. The first-order valence-electron chi connectivity index (χ1n) is 2.84. The Balaban J connectivity index is 3.35. The lowest BCUT2D eigenvalue weighted by Crippen LogP contribution is -1.93. The van der Waals surface area contributed by atoms with Crippen LogP contribution in [0.25, 0.3) is 0 Å². The molecule has 0 unspecified atom stereocenters. The van der Waals surface area contributed by atoms with E-state index in [9.17, 15) is 9.59 Å². The van der Waals surface area contributed by atoms with Gasteiger partial charge in [-0.2, -0.15) is 0 Å². The lowest BCUT2D eigenvalue weighted by Gasteiger charge is -1.95. The van der Waals surface area contributed by atoms with E-state index in [4.69, 9.17) is 11.6 Å². The summed E-state index contributed by atoms with van der Waals surface area (Å²) in [5.74, 6) is 0. The summed E-state index contributed by atoms with van der Waals surface area (Å²) in [5, 5.41) is 0.0598. The molecule has 0 aliphatic heterocycles. The fourth-order valence-electron chi connectivity index (χ4n) is 0.681. The Kier molecular flexibility index (Phi) is 2.33. The molecule has 1 heterocycles. The quantitative estimate of drug-likeness (QED) is 0.496. The third-order valence-corrected chi connectivity index (χ3v) is 1.52. The van der Waals surface area contributed by atoms with Gasteiger partial charge in [0.05, 0.1) is 5.56 Å². The van der Waals surface area contributed by atoms with Crippen molar-refractivity contribution >= 4 is 24.2 Å². The fraction of sp³-hybridized carbons (Fsp3) is 0. The zero-order chi connectivity index (χ0) is 8.27. The standard InChI is InChI=1S/C7H4ClNO2/c8-7-6(4-11)5(3-10)1-2-9-7/h1-4H. The maximum absolute atomic E-state index is 10.3. The number of hydrogen-bond donors (Lipinski definition) is 0. The largest absolute Gasteiger partial charge is 0.298 e. The molecule has 0 aliphatic carbocycles. The summed E-state index contributed by atoms with van der Waals surface area (Å²) >= 11 is 5.51. The molecule has 0 fully saturated rings. The Hall–Kier alpha value is -1.22. The highest BCUT2D eigenvalue weighted by atomic mass is 35.5. The van der Waals surface area contributed by atoms with Gasteiger partial charge in [0.25, 0.3) is 0 Å². The van der Waals surface area contributed by atoms with Crippen molar-refractivity contribution in [2.24, 2.45) is 0 Å². The Morgan fingerprint density at radius 3 is 2.55 bits per heavy atom. The van der Waals surface area contributed by atoms with E-state index in [1.807, 2.05) is 0 Å². The van der Waals surface area contributed by atoms with Gasteiger partial charge in [0.15, 0.2) is 12.6 Å². The smallest absolute Gasteiger partial charge is 0.153 e. The molecule has 0 N–H and O–H groups in total. The van der Waals surface area contributed by atoms with Gasteiger partial charge in [-0.1, -0.05) is 11.6 Å². The summed E-state index contributed by atoms with van der Waals surface area (Å²) in [6, 6.07) is 1.43. The van der Waals surface area contributed by atoms with Crippen molar-refractivity contribution in [3.63, 3.8) is 0 Å². The lowest BCUT2D eigenvalue weighted by atomic mass is 10.2. The molecule has 0 atom stereocenters. The summed E-state index contributed by atoms with van der Waals surface area (Å²) in [7, 11) is 0. The average Bonchev–Trinajstić information content (AvgIpc) is 2.04. The average molecular weight is 170 g/mol. The number of aldehydes is 2. The first kappa shape index (κ1) is 7.88. The number of nitrogens with zero attached hydrogens (tertiary/aromatic N) is 1.